The van der Waals surface area contributed by atoms with E-state index in [1.165, 1.54) is 6.42 Å². The molecule has 200 valence electrons. The number of fused-ring (bicyclic) bond motifs is 1. The quantitative estimate of drug-likeness (QED) is 0.335. The largest absolute Gasteiger partial charge is 0.465 e. The van der Waals surface area contributed by atoms with Gasteiger partial charge in [0.2, 0.25) is 5.91 Å². The van der Waals surface area contributed by atoms with Gasteiger partial charge in [0.05, 0.1) is 0 Å². The van der Waals surface area contributed by atoms with Gasteiger partial charge in [0, 0.05) is 42.1 Å². The number of carboxylic acid groups (broad SMARTS) is 1. The standard InChI is InChI=1S/C31H38N4O3/c1-31(16-24-17-33-27-10-6-5-9-25(24)27,29(36)34-18-26(32)21-7-3-2-4-8-21)35(30(37)38)28-22-12-19-11-20(14-22)15-23(28)13-19/h2-10,17,19-20,22-23,26,28,33H,11-16,18,32H2,1H3,(H,34,36)(H,37,38)/t19?,20?,22?,23?,26-,28?,31+/m0/s1. The third-order valence-electron chi connectivity index (χ3n) is 9.62. The molecule has 38 heavy (non-hydrogen) atoms. The van der Waals surface area contributed by atoms with Crippen molar-refractivity contribution < 1.29 is 14.7 Å². The molecule has 5 N–H and O–H groups in total. The summed E-state index contributed by atoms with van der Waals surface area (Å²) in [7, 11) is 0. The van der Waals surface area contributed by atoms with E-state index in [4.69, 9.17) is 5.73 Å². The molecular formula is C31H38N4O3. The van der Waals surface area contributed by atoms with Crippen LogP contribution in [-0.2, 0) is 11.2 Å². The van der Waals surface area contributed by atoms with Crippen LogP contribution in [-0.4, -0.2) is 45.1 Å². The number of amides is 2. The topological polar surface area (TPSA) is 111 Å². The summed E-state index contributed by atoms with van der Waals surface area (Å²) in [5.41, 5.74) is 7.99. The Balaban J connectivity index is 1.34. The van der Waals surface area contributed by atoms with E-state index >= 15 is 0 Å². The Bertz CT molecular complexity index is 1290. The lowest BCUT2D eigenvalue weighted by Gasteiger charge is -2.59. The average Bonchev–Trinajstić information content (AvgIpc) is 3.31. The molecule has 4 fully saturated rings. The molecule has 0 saturated heterocycles. The number of carbonyl (C=O) groups excluding carboxylic acids is 1. The first-order valence-corrected chi connectivity index (χ1v) is 14.0. The lowest BCUT2D eigenvalue weighted by Crippen LogP contribution is -2.68. The molecule has 4 aliphatic carbocycles. The second-order valence-electron chi connectivity index (χ2n) is 12.1. The molecule has 2 aromatic carbocycles. The SMILES string of the molecule is C[C@@](Cc1c[nH]c2ccccc12)(C(=O)NC[C@H](N)c1ccccc1)N(C(=O)O)C1C2CC3CC(C2)CC1C3. The monoisotopic (exact) mass is 514 g/mol. The second kappa shape index (κ2) is 9.77. The van der Waals surface area contributed by atoms with Crippen LogP contribution in [0.25, 0.3) is 10.9 Å². The Morgan fingerprint density at radius 2 is 1.66 bits per heavy atom. The molecule has 0 spiro atoms. The number of nitrogens with two attached hydrogens (primary N) is 1. The van der Waals surface area contributed by atoms with Gasteiger partial charge >= 0.3 is 6.09 Å². The number of nitrogens with zero attached hydrogens (tertiary/aromatic N) is 1. The number of aromatic amines is 1. The molecule has 4 saturated carbocycles. The first kappa shape index (κ1) is 25.0. The van der Waals surface area contributed by atoms with E-state index in [2.05, 4.69) is 10.3 Å². The number of nitrogens with one attached hydrogen (secondary N) is 2. The highest BCUT2D eigenvalue weighted by atomic mass is 16.4. The van der Waals surface area contributed by atoms with E-state index < -0.39 is 11.6 Å². The van der Waals surface area contributed by atoms with Crippen molar-refractivity contribution in [3.8, 4) is 0 Å². The lowest BCUT2D eigenvalue weighted by molar-refractivity contribution is -0.140. The molecule has 1 heterocycles. The van der Waals surface area contributed by atoms with Gasteiger partial charge in [0.1, 0.15) is 5.54 Å². The summed E-state index contributed by atoms with van der Waals surface area (Å²) in [5, 5.41) is 14.8. The first-order valence-electron chi connectivity index (χ1n) is 14.0. The average molecular weight is 515 g/mol. The minimum absolute atomic E-state index is 0.135. The summed E-state index contributed by atoms with van der Waals surface area (Å²) >= 11 is 0. The number of para-hydroxylation sites is 1. The molecule has 1 aromatic heterocycles. The molecule has 0 radical (unpaired) electrons. The van der Waals surface area contributed by atoms with Gasteiger partial charge in [0.15, 0.2) is 0 Å². The van der Waals surface area contributed by atoms with Crippen LogP contribution in [0.4, 0.5) is 4.79 Å². The predicted octanol–water partition coefficient (Wildman–Crippen LogP) is 5.09. The van der Waals surface area contributed by atoms with Crippen molar-refractivity contribution in [1.29, 1.82) is 0 Å². The highest BCUT2D eigenvalue weighted by Crippen LogP contribution is 2.56. The second-order valence-corrected chi connectivity index (χ2v) is 12.1. The van der Waals surface area contributed by atoms with Crippen LogP contribution in [0.15, 0.2) is 60.8 Å². The fourth-order valence-electron chi connectivity index (χ4n) is 8.12. The Labute approximate surface area is 223 Å². The van der Waals surface area contributed by atoms with Crippen LogP contribution >= 0.6 is 0 Å². The molecule has 3 aromatic rings. The first-order chi connectivity index (χ1) is 18.3. The van der Waals surface area contributed by atoms with Crippen LogP contribution in [0.2, 0.25) is 0 Å². The molecule has 7 heteroatoms. The number of carbonyl (C=O) groups is 2. The van der Waals surface area contributed by atoms with Gasteiger partial charge in [-0.1, -0.05) is 48.5 Å². The Kier molecular flexibility index (Phi) is 6.42. The van der Waals surface area contributed by atoms with Gasteiger partial charge in [-0.25, -0.2) is 4.79 Å². The molecule has 0 aliphatic heterocycles. The number of hydrogen-bond acceptors (Lipinski definition) is 3. The molecule has 7 rings (SSSR count). The van der Waals surface area contributed by atoms with Crippen LogP contribution < -0.4 is 11.1 Å². The molecule has 2 amide bonds. The van der Waals surface area contributed by atoms with Gasteiger partial charge in [-0.2, -0.15) is 0 Å². The predicted molar refractivity (Wildman–Crippen MR) is 147 cm³/mol. The van der Waals surface area contributed by atoms with Crippen LogP contribution in [0, 0.1) is 23.7 Å². The van der Waals surface area contributed by atoms with Crippen molar-refractivity contribution in [1.82, 2.24) is 15.2 Å². The zero-order valence-corrected chi connectivity index (χ0v) is 22.0. The van der Waals surface area contributed by atoms with Crippen LogP contribution in [0.1, 0.15) is 56.2 Å². The van der Waals surface area contributed by atoms with Crippen molar-refractivity contribution in [2.45, 2.75) is 63.1 Å². The van der Waals surface area contributed by atoms with E-state index in [-0.39, 0.29) is 24.5 Å². The van der Waals surface area contributed by atoms with Crippen molar-refractivity contribution >= 4 is 22.9 Å². The number of rotatable bonds is 8. The minimum Gasteiger partial charge on any atom is -0.465 e. The van der Waals surface area contributed by atoms with Gasteiger partial charge in [-0.3, -0.25) is 9.69 Å². The molecule has 4 aliphatic rings. The summed E-state index contributed by atoms with van der Waals surface area (Å²) in [4.78, 5) is 32.2. The highest BCUT2D eigenvalue weighted by molar-refractivity contribution is 5.91. The normalized spacial score (nSPS) is 28.1. The zero-order valence-electron chi connectivity index (χ0n) is 22.0. The van der Waals surface area contributed by atoms with E-state index in [9.17, 15) is 14.7 Å². The van der Waals surface area contributed by atoms with Crippen LogP contribution in [0.5, 0.6) is 0 Å². The maximum Gasteiger partial charge on any atom is 0.408 e. The molecule has 4 bridgehead atoms. The van der Waals surface area contributed by atoms with Crippen molar-refractivity contribution in [3.05, 3.63) is 71.9 Å². The van der Waals surface area contributed by atoms with Crippen molar-refractivity contribution in [2.75, 3.05) is 6.54 Å². The van der Waals surface area contributed by atoms with E-state index in [0.29, 0.717) is 30.1 Å². The number of aromatic nitrogens is 1. The van der Waals surface area contributed by atoms with Crippen molar-refractivity contribution in [3.63, 3.8) is 0 Å². The molecule has 2 atom stereocenters. The van der Waals surface area contributed by atoms with E-state index in [0.717, 1.165) is 47.7 Å². The molecule has 7 nitrogen and oxygen atoms in total. The fourth-order valence-corrected chi connectivity index (χ4v) is 8.12. The maximum atomic E-state index is 14.2. The van der Waals surface area contributed by atoms with Crippen molar-refractivity contribution in [2.24, 2.45) is 29.4 Å². The highest BCUT2D eigenvalue weighted by Gasteiger charge is 2.56. The molecule has 0 unspecified atom stereocenters. The summed E-state index contributed by atoms with van der Waals surface area (Å²) in [6.07, 6.45) is 6.79. The van der Waals surface area contributed by atoms with Gasteiger partial charge in [0.25, 0.3) is 0 Å². The van der Waals surface area contributed by atoms with E-state index in [1.807, 2.05) is 67.7 Å². The fraction of sp³-hybridized carbons (Fsp3) is 0.484. The number of hydrogen-bond donors (Lipinski definition) is 4. The smallest absolute Gasteiger partial charge is 0.408 e. The Morgan fingerprint density at radius 1 is 1.03 bits per heavy atom. The summed E-state index contributed by atoms with van der Waals surface area (Å²) < 4.78 is 0. The third kappa shape index (κ3) is 4.37. The molecular weight excluding hydrogens is 476 g/mol. The Morgan fingerprint density at radius 3 is 2.32 bits per heavy atom. The van der Waals surface area contributed by atoms with Gasteiger partial charge in [-0.15, -0.1) is 0 Å². The minimum atomic E-state index is -1.28. The van der Waals surface area contributed by atoms with Gasteiger partial charge in [-0.05, 0) is 79.9 Å². The van der Waals surface area contributed by atoms with E-state index in [1.54, 1.807) is 4.90 Å². The van der Waals surface area contributed by atoms with Crippen LogP contribution in [0.3, 0.4) is 0 Å². The summed E-state index contributed by atoms with van der Waals surface area (Å²) in [5.74, 6) is 1.78. The third-order valence-corrected chi connectivity index (χ3v) is 9.62. The Hall–Kier alpha value is -3.32. The number of benzene rings is 2. The zero-order chi connectivity index (χ0) is 26.4. The van der Waals surface area contributed by atoms with Gasteiger partial charge < -0.3 is 21.1 Å². The lowest BCUT2D eigenvalue weighted by atomic mass is 9.53. The number of H-pyrrole nitrogens is 1. The summed E-state index contributed by atoms with van der Waals surface area (Å²) in [6.45, 7) is 2.05. The maximum absolute atomic E-state index is 14.2. The summed E-state index contributed by atoms with van der Waals surface area (Å²) in [6, 6.07) is 17.1.